The summed E-state index contributed by atoms with van der Waals surface area (Å²) in [5.74, 6) is 0.0152. The minimum Gasteiger partial charge on any atom is -0.386 e. The van der Waals surface area contributed by atoms with Crippen molar-refractivity contribution in [1.29, 1.82) is 0 Å². The number of aliphatic hydroxyl groups is 1. The lowest BCUT2D eigenvalue weighted by molar-refractivity contribution is -0.0387. The maximum Gasteiger partial charge on any atom is 0.253 e. The largest absolute Gasteiger partial charge is 0.386 e. The number of likely N-dealkylation sites (tertiary alicyclic amines) is 1. The molecule has 1 aliphatic heterocycles. The first kappa shape index (κ1) is 15.3. The number of benzene rings is 1. The highest BCUT2D eigenvalue weighted by atomic mass is 16.3. The fourth-order valence-electron chi connectivity index (χ4n) is 3.92. The highest BCUT2D eigenvalue weighted by molar-refractivity contribution is 5.94. The van der Waals surface area contributed by atoms with Crippen LogP contribution in [-0.4, -0.2) is 49.6 Å². The SMILES string of the molecule is O=C(c1ccc2c(c1)CCC2)N1CCCC(O)(Cn2ccnn2)C1. The van der Waals surface area contributed by atoms with Gasteiger partial charge in [-0.1, -0.05) is 11.3 Å². The number of carbonyl (C=O) groups excluding carboxylic acids is 1. The number of carbonyl (C=O) groups is 1. The Balaban J connectivity index is 1.50. The van der Waals surface area contributed by atoms with Gasteiger partial charge < -0.3 is 10.0 Å². The highest BCUT2D eigenvalue weighted by Gasteiger charge is 2.36. The minimum absolute atomic E-state index is 0.0152. The molecule has 1 amide bonds. The van der Waals surface area contributed by atoms with E-state index in [1.165, 1.54) is 17.5 Å². The van der Waals surface area contributed by atoms with E-state index in [1.54, 1.807) is 22.0 Å². The summed E-state index contributed by atoms with van der Waals surface area (Å²) in [4.78, 5) is 14.6. The summed E-state index contributed by atoms with van der Waals surface area (Å²) in [5, 5.41) is 18.6. The first-order valence-corrected chi connectivity index (χ1v) is 8.61. The quantitative estimate of drug-likeness (QED) is 0.926. The van der Waals surface area contributed by atoms with Crippen molar-refractivity contribution in [3.05, 3.63) is 47.3 Å². The number of nitrogens with zero attached hydrogens (tertiary/aromatic N) is 4. The van der Waals surface area contributed by atoms with Crippen molar-refractivity contribution < 1.29 is 9.90 Å². The van der Waals surface area contributed by atoms with Gasteiger partial charge in [0, 0.05) is 18.3 Å². The minimum atomic E-state index is -0.946. The van der Waals surface area contributed by atoms with Gasteiger partial charge in [-0.05, 0) is 55.4 Å². The molecule has 24 heavy (non-hydrogen) atoms. The van der Waals surface area contributed by atoms with Crippen molar-refractivity contribution in [1.82, 2.24) is 19.9 Å². The molecule has 6 heteroatoms. The monoisotopic (exact) mass is 326 g/mol. The Hall–Kier alpha value is -2.21. The highest BCUT2D eigenvalue weighted by Crippen LogP contribution is 2.26. The van der Waals surface area contributed by atoms with E-state index >= 15 is 0 Å². The van der Waals surface area contributed by atoms with Crippen LogP contribution in [0.4, 0.5) is 0 Å². The van der Waals surface area contributed by atoms with E-state index in [1.807, 2.05) is 12.1 Å². The van der Waals surface area contributed by atoms with Gasteiger partial charge in [-0.15, -0.1) is 5.10 Å². The van der Waals surface area contributed by atoms with Crippen molar-refractivity contribution in [2.24, 2.45) is 0 Å². The van der Waals surface area contributed by atoms with E-state index in [9.17, 15) is 9.90 Å². The molecule has 1 saturated heterocycles. The molecule has 1 aromatic heterocycles. The number of rotatable bonds is 3. The molecule has 1 fully saturated rings. The number of aromatic nitrogens is 3. The fraction of sp³-hybridized carbons (Fsp3) is 0.500. The van der Waals surface area contributed by atoms with Gasteiger partial charge in [0.15, 0.2) is 0 Å². The molecule has 1 unspecified atom stereocenters. The lowest BCUT2D eigenvalue weighted by Crippen LogP contribution is -2.52. The first-order chi connectivity index (χ1) is 11.6. The van der Waals surface area contributed by atoms with Crippen LogP contribution in [0.25, 0.3) is 0 Å². The Morgan fingerprint density at radius 1 is 1.25 bits per heavy atom. The predicted molar refractivity (Wildman–Crippen MR) is 88.6 cm³/mol. The van der Waals surface area contributed by atoms with Gasteiger partial charge in [0.25, 0.3) is 5.91 Å². The Labute approximate surface area is 141 Å². The van der Waals surface area contributed by atoms with E-state index < -0.39 is 5.60 Å². The zero-order chi connectivity index (χ0) is 16.6. The van der Waals surface area contributed by atoms with Crippen LogP contribution in [0, 0.1) is 0 Å². The summed E-state index contributed by atoms with van der Waals surface area (Å²) in [6.07, 6.45) is 8.15. The van der Waals surface area contributed by atoms with Crippen LogP contribution in [0.2, 0.25) is 0 Å². The van der Waals surface area contributed by atoms with Crippen LogP contribution >= 0.6 is 0 Å². The molecule has 6 nitrogen and oxygen atoms in total. The molecule has 0 saturated carbocycles. The van der Waals surface area contributed by atoms with Gasteiger partial charge in [0.1, 0.15) is 5.60 Å². The summed E-state index contributed by atoms with van der Waals surface area (Å²) in [7, 11) is 0. The zero-order valence-corrected chi connectivity index (χ0v) is 13.7. The van der Waals surface area contributed by atoms with E-state index in [2.05, 4.69) is 16.4 Å². The van der Waals surface area contributed by atoms with Crippen molar-refractivity contribution >= 4 is 5.91 Å². The molecule has 1 aromatic carbocycles. The third kappa shape index (κ3) is 2.94. The molecule has 4 rings (SSSR count). The molecule has 0 spiro atoms. The number of hydrogen-bond acceptors (Lipinski definition) is 4. The van der Waals surface area contributed by atoms with Crippen LogP contribution in [0.5, 0.6) is 0 Å². The van der Waals surface area contributed by atoms with Crippen LogP contribution in [0.1, 0.15) is 40.7 Å². The van der Waals surface area contributed by atoms with Crippen molar-refractivity contribution in [2.75, 3.05) is 13.1 Å². The summed E-state index contributed by atoms with van der Waals surface area (Å²) in [6, 6.07) is 6.05. The molecule has 1 N–H and O–H groups in total. The van der Waals surface area contributed by atoms with E-state index in [-0.39, 0.29) is 5.91 Å². The maximum atomic E-state index is 12.9. The van der Waals surface area contributed by atoms with Crippen LogP contribution in [-0.2, 0) is 19.4 Å². The second-order valence-electron chi connectivity index (χ2n) is 6.99. The lowest BCUT2D eigenvalue weighted by atomic mass is 9.92. The van der Waals surface area contributed by atoms with Crippen LogP contribution < -0.4 is 0 Å². The topological polar surface area (TPSA) is 71.2 Å². The molecule has 0 bridgehead atoms. The number of piperidine rings is 1. The molecular formula is C18H22N4O2. The zero-order valence-electron chi connectivity index (χ0n) is 13.7. The van der Waals surface area contributed by atoms with Crippen molar-refractivity contribution in [3.8, 4) is 0 Å². The molecule has 2 aliphatic rings. The average molecular weight is 326 g/mol. The molecule has 2 heterocycles. The second-order valence-corrected chi connectivity index (χ2v) is 6.99. The summed E-state index contributed by atoms with van der Waals surface area (Å²) in [6.45, 7) is 1.39. The van der Waals surface area contributed by atoms with Gasteiger partial charge in [0.2, 0.25) is 0 Å². The first-order valence-electron chi connectivity index (χ1n) is 8.61. The maximum absolute atomic E-state index is 12.9. The molecule has 126 valence electrons. The van der Waals surface area contributed by atoms with E-state index in [4.69, 9.17) is 0 Å². The Morgan fingerprint density at radius 3 is 2.96 bits per heavy atom. The summed E-state index contributed by atoms with van der Waals surface area (Å²) < 4.78 is 1.63. The molecule has 0 radical (unpaired) electrons. The fourth-order valence-corrected chi connectivity index (χ4v) is 3.92. The molecule has 2 aromatic rings. The summed E-state index contributed by atoms with van der Waals surface area (Å²) >= 11 is 0. The average Bonchev–Trinajstić information content (AvgIpc) is 3.24. The number of hydrogen-bond donors (Lipinski definition) is 1. The van der Waals surface area contributed by atoms with E-state index in [0.29, 0.717) is 26.1 Å². The number of aryl methyl sites for hydroxylation is 2. The normalized spacial score (nSPS) is 23.3. The van der Waals surface area contributed by atoms with Crippen molar-refractivity contribution in [3.63, 3.8) is 0 Å². The number of β-amino-alcohol motifs (C(OH)–C–C–N with tert-alkyl or cyclic N) is 1. The number of fused-ring (bicyclic) bond motifs is 1. The summed E-state index contributed by atoms with van der Waals surface area (Å²) in [5.41, 5.74) is 2.46. The van der Waals surface area contributed by atoms with Gasteiger partial charge >= 0.3 is 0 Å². The van der Waals surface area contributed by atoms with Gasteiger partial charge in [-0.3, -0.25) is 4.79 Å². The van der Waals surface area contributed by atoms with Gasteiger partial charge in [-0.2, -0.15) is 0 Å². The second kappa shape index (κ2) is 6.02. The third-order valence-electron chi connectivity index (χ3n) is 5.12. The Morgan fingerprint density at radius 2 is 2.12 bits per heavy atom. The van der Waals surface area contributed by atoms with Crippen LogP contribution in [0.3, 0.4) is 0 Å². The molecule has 1 atom stereocenters. The predicted octanol–water partition coefficient (Wildman–Crippen LogP) is 1.43. The standard InChI is InChI=1S/C18H22N4O2/c23-17(16-6-5-14-3-1-4-15(14)11-16)21-9-2-7-18(24,12-21)13-22-10-8-19-20-22/h5-6,8,10-11,24H,1-4,7,9,12-13H2. The van der Waals surface area contributed by atoms with Crippen LogP contribution in [0.15, 0.2) is 30.6 Å². The molecule has 1 aliphatic carbocycles. The number of amides is 1. The smallest absolute Gasteiger partial charge is 0.253 e. The lowest BCUT2D eigenvalue weighted by Gasteiger charge is -2.39. The Kier molecular flexibility index (Phi) is 3.84. The Bertz CT molecular complexity index is 743. The van der Waals surface area contributed by atoms with Gasteiger partial charge in [0.05, 0.1) is 19.3 Å². The van der Waals surface area contributed by atoms with Gasteiger partial charge in [-0.25, -0.2) is 4.68 Å². The molecular weight excluding hydrogens is 304 g/mol. The van der Waals surface area contributed by atoms with E-state index in [0.717, 1.165) is 24.8 Å². The van der Waals surface area contributed by atoms with Crippen molar-refractivity contribution in [2.45, 2.75) is 44.2 Å². The third-order valence-corrected chi connectivity index (χ3v) is 5.12.